The Bertz CT molecular complexity index is 1710. The number of benzene rings is 3. The summed E-state index contributed by atoms with van der Waals surface area (Å²) >= 11 is 9.14. The number of carbonyl (C=O) groups is 1. The molecule has 0 atom stereocenters. The maximum atomic E-state index is 13.5. The number of carbonyl (C=O) groups excluding carboxylic acids is 1. The average molecular weight is 668 g/mol. The van der Waals surface area contributed by atoms with Crippen molar-refractivity contribution in [2.75, 3.05) is 10.8 Å². The Hall–Kier alpha value is -3.61. The van der Waals surface area contributed by atoms with E-state index in [0.29, 0.717) is 15.9 Å². The number of rotatable bonds is 8. The second-order valence-electron chi connectivity index (χ2n) is 8.92. The van der Waals surface area contributed by atoms with E-state index >= 15 is 0 Å². The van der Waals surface area contributed by atoms with E-state index in [1.807, 2.05) is 48.7 Å². The van der Waals surface area contributed by atoms with Gasteiger partial charge in [0.2, 0.25) is 0 Å². The predicted molar refractivity (Wildman–Crippen MR) is 156 cm³/mol. The third-order valence-electron chi connectivity index (χ3n) is 6.11. The van der Waals surface area contributed by atoms with Crippen LogP contribution in [-0.2, 0) is 21.0 Å². The summed E-state index contributed by atoms with van der Waals surface area (Å²) in [6.07, 6.45) is -3.43. The molecule has 0 radical (unpaired) electrons. The van der Waals surface area contributed by atoms with Crippen molar-refractivity contribution >= 4 is 55.4 Å². The van der Waals surface area contributed by atoms with E-state index in [2.05, 4.69) is 26.5 Å². The molecule has 0 bridgehead atoms. The van der Waals surface area contributed by atoms with Gasteiger partial charge in [-0.2, -0.15) is 18.3 Å². The van der Waals surface area contributed by atoms with Crippen LogP contribution in [0.25, 0.3) is 5.69 Å². The molecule has 7 nitrogen and oxygen atoms in total. The van der Waals surface area contributed by atoms with Crippen LogP contribution in [0.4, 0.5) is 18.9 Å². The van der Waals surface area contributed by atoms with Gasteiger partial charge in [-0.05, 0) is 74.5 Å². The van der Waals surface area contributed by atoms with E-state index in [9.17, 15) is 26.4 Å². The third-order valence-corrected chi connectivity index (χ3v) is 8.76. The maximum absolute atomic E-state index is 13.5. The van der Waals surface area contributed by atoms with E-state index in [1.54, 1.807) is 6.07 Å². The third kappa shape index (κ3) is 6.83. The van der Waals surface area contributed by atoms with Gasteiger partial charge < -0.3 is 4.57 Å². The van der Waals surface area contributed by atoms with Crippen molar-refractivity contribution in [1.29, 1.82) is 0 Å². The smallest absolute Gasteiger partial charge is 0.318 e. The lowest BCUT2D eigenvalue weighted by Crippen LogP contribution is -2.39. The molecule has 1 amide bonds. The first-order valence-corrected chi connectivity index (χ1v) is 14.6. The van der Waals surface area contributed by atoms with Crippen LogP contribution in [0.3, 0.4) is 0 Å². The largest absolute Gasteiger partial charge is 0.417 e. The number of aryl methyl sites for hydroxylation is 1. The number of sulfonamides is 1. The number of aromatic nitrogens is 1. The fraction of sp³-hybridized carbons (Fsp3) is 0.143. The van der Waals surface area contributed by atoms with Gasteiger partial charge in [-0.1, -0.05) is 45.7 Å². The summed E-state index contributed by atoms with van der Waals surface area (Å²) in [6.45, 7) is 2.95. The van der Waals surface area contributed by atoms with E-state index in [0.717, 1.165) is 33.7 Å². The number of halogens is 5. The molecule has 3 aromatic carbocycles. The van der Waals surface area contributed by atoms with E-state index in [-0.39, 0.29) is 10.6 Å². The van der Waals surface area contributed by atoms with Gasteiger partial charge in [0.05, 0.1) is 27.4 Å². The Morgan fingerprint density at radius 3 is 2.34 bits per heavy atom. The first-order valence-electron chi connectivity index (χ1n) is 12.0. The van der Waals surface area contributed by atoms with Gasteiger partial charge in [-0.3, -0.25) is 9.10 Å². The minimum Gasteiger partial charge on any atom is -0.318 e. The van der Waals surface area contributed by atoms with E-state index in [4.69, 9.17) is 11.6 Å². The number of nitrogens with one attached hydrogen (secondary N) is 1. The molecule has 4 aromatic rings. The van der Waals surface area contributed by atoms with Crippen LogP contribution < -0.4 is 9.73 Å². The number of alkyl halides is 3. The summed E-state index contributed by atoms with van der Waals surface area (Å²) in [4.78, 5) is 12.7. The minimum atomic E-state index is -4.84. The molecule has 13 heteroatoms. The number of nitrogens with zero attached hydrogens (tertiary/aromatic N) is 3. The lowest BCUT2D eigenvalue weighted by atomic mass is 10.2. The Morgan fingerprint density at radius 1 is 1.05 bits per heavy atom. The van der Waals surface area contributed by atoms with Gasteiger partial charge in [0.25, 0.3) is 15.9 Å². The average Bonchev–Trinajstić information content (AvgIpc) is 3.20. The van der Waals surface area contributed by atoms with E-state index in [1.165, 1.54) is 30.5 Å². The summed E-state index contributed by atoms with van der Waals surface area (Å²) in [7, 11) is -4.44. The highest BCUT2D eigenvalue weighted by atomic mass is 79.9. The first kappa shape index (κ1) is 30.4. The molecule has 1 aromatic heterocycles. The number of anilines is 1. The van der Waals surface area contributed by atoms with Crippen molar-refractivity contribution < 1.29 is 26.4 Å². The van der Waals surface area contributed by atoms with Crippen LogP contribution in [0.1, 0.15) is 22.5 Å². The predicted octanol–water partition coefficient (Wildman–Crippen LogP) is 6.87. The summed E-state index contributed by atoms with van der Waals surface area (Å²) < 4.78 is 71.0. The van der Waals surface area contributed by atoms with Gasteiger partial charge >= 0.3 is 6.18 Å². The lowest BCUT2D eigenvalue weighted by molar-refractivity contribution is -0.137. The standard InChI is InChI=1S/C28H23BrClF3N4O3S/c1-18-14-20(19(2)37(18)22-10-8-21(29)9-11-22)16-34-35-27(38)17-36(41(39,40)24-6-4-3-5-7-24)23-12-13-26(30)25(15-23)28(31,32)33/h3-16H,17H2,1-2H3,(H,35,38)/b34-16+. The van der Waals surface area contributed by atoms with Crippen molar-refractivity contribution in [2.24, 2.45) is 5.10 Å². The topological polar surface area (TPSA) is 83.8 Å². The maximum Gasteiger partial charge on any atom is 0.417 e. The highest BCUT2D eigenvalue weighted by molar-refractivity contribution is 9.10. The zero-order chi connectivity index (χ0) is 29.9. The molecular formula is C28H23BrClF3N4O3S. The molecule has 0 aliphatic carbocycles. The zero-order valence-electron chi connectivity index (χ0n) is 21.7. The number of hydrogen-bond acceptors (Lipinski definition) is 4. The van der Waals surface area contributed by atoms with Crippen LogP contribution in [0.15, 0.2) is 93.3 Å². The molecule has 1 heterocycles. The van der Waals surface area contributed by atoms with Gasteiger partial charge in [0, 0.05) is 27.1 Å². The fourth-order valence-electron chi connectivity index (χ4n) is 4.17. The first-order chi connectivity index (χ1) is 19.3. The number of amides is 1. The van der Waals surface area contributed by atoms with Gasteiger partial charge in [-0.15, -0.1) is 0 Å². The van der Waals surface area contributed by atoms with Crippen molar-refractivity contribution in [3.05, 3.63) is 111 Å². The molecule has 1 N–H and O–H groups in total. The normalized spacial score (nSPS) is 12.1. The molecule has 214 valence electrons. The molecular weight excluding hydrogens is 645 g/mol. The van der Waals surface area contributed by atoms with Crippen molar-refractivity contribution in [1.82, 2.24) is 9.99 Å². The molecule has 0 unspecified atom stereocenters. The zero-order valence-corrected chi connectivity index (χ0v) is 24.8. The second kappa shape index (κ2) is 12.1. The number of hydrazone groups is 1. The molecule has 0 fully saturated rings. The SMILES string of the molecule is Cc1cc(/C=N/NC(=O)CN(c2ccc(Cl)c(C(F)(F)F)c2)S(=O)(=O)c2ccccc2)c(C)n1-c1ccc(Br)cc1. The van der Waals surface area contributed by atoms with Crippen LogP contribution in [0.2, 0.25) is 5.02 Å². The second-order valence-corrected chi connectivity index (χ2v) is 12.1. The molecule has 0 spiro atoms. The Morgan fingerprint density at radius 2 is 1.71 bits per heavy atom. The molecule has 0 aliphatic heterocycles. The van der Waals surface area contributed by atoms with Gasteiger partial charge in [-0.25, -0.2) is 13.8 Å². The summed E-state index contributed by atoms with van der Waals surface area (Å²) in [5.41, 5.74) is 4.05. The van der Waals surface area contributed by atoms with Crippen LogP contribution in [0, 0.1) is 13.8 Å². The Kier molecular flexibility index (Phi) is 8.95. The quantitative estimate of drug-likeness (QED) is 0.164. The Balaban J connectivity index is 1.61. The van der Waals surface area contributed by atoms with E-state index < -0.39 is 39.2 Å². The highest BCUT2D eigenvalue weighted by Gasteiger charge is 2.35. The van der Waals surface area contributed by atoms with Crippen molar-refractivity contribution in [3.8, 4) is 5.69 Å². The highest BCUT2D eigenvalue weighted by Crippen LogP contribution is 2.38. The molecule has 0 saturated heterocycles. The minimum absolute atomic E-state index is 0.208. The Labute approximate surface area is 248 Å². The van der Waals surface area contributed by atoms with Crippen LogP contribution >= 0.6 is 27.5 Å². The van der Waals surface area contributed by atoms with Crippen molar-refractivity contribution in [3.63, 3.8) is 0 Å². The van der Waals surface area contributed by atoms with Crippen molar-refractivity contribution in [2.45, 2.75) is 24.9 Å². The van der Waals surface area contributed by atoms with Crippen LogP contribution in [-0.4, -0.2) is 31.7 Å². The molecule has 0 saturated carbocycles. The summed E-state index contributed by atoms with van der Waals surface area (Å²) in [6, 6.07) is 19.3. The lowest BCUT2D eigenvalue weighted by Gasteiger charge is -2.24. The van der Waals surface area contributed by atoms with Gasteiger partial charge in [0.15, 0.2) is 0 Å². The summed E-state index contributed by atoms with van der Waals surface area (Å²) in [5.74, 6) is -0.869. The van der Waals surface area contributed by atoms with Gasteiger partial charge in [0.1, 0.15) is 6.54 Å². The molecule has 4 rings (SSSR count). The molecule has 41 heavy (non-hydrogen) atoms. The fourth-order valence-corrected chi connectivity index (χ4v) is 6.09. The summed E-state index contributed by atoms with van der Waals surface area (Å²) in [5, 5.41) is 3.37. The van der Waals surface area contributed by atoms with Crippen LogP contribution in [0.5, 0.6) is 0 Å². The number of hydrogen-bond donors (Lipinski definition) is 1. The monoisotopic (exact) mass is 666 g/mol. The molecule has 0 aliphatic rings.